The van der Waals surface area contributed by atoms with Gasteiger partial charge < -0.3 is 20.1 Å². The second-order valence-corrected chi connectivity index (χ2v) is 12.8. The lowest BCUT2D eigenvalue weighted by molar-refractivity contribution is -0.147. The Morgan fingerprint density at radius 3 is 2.40 bits per heavy atom. The van der Waals surface area contributed by atoms with Gasteiger partial charge in [0.05, 0.1) is 6.61 Å². The number of aryl methyl sites for hydroxylation is 1. The third kappa shape index (κ3) is 8.83. The molecule has 1 saturated heterocycles. The fourth-order valence-corrected chi connectivity index (χ4v) is 6.66. The van der Waals surface area contributed by atoms with E-state index in [0.29, 0.717) is 23.7 Å². The Morgan fingerprint density at radius 2 is 1.71 bits per heavy atom. The number of likely N-dealkylation sites (tertiary alicyclic amines) is 1. The Labute approximate surface area is 254 Å². The number of benzene rings is 2. The van der Waals surface area contributed by atoms with Crippen LogP contribution in [0.4, 0.5) is 0 Å². The summed E-state index contributed by atoms with van der Waals surface area (Å²) in [6, 6.07) is 12.5. The van der Waals surface area contributed by atoms with Crippen molar-refractivity contribution in [2.75, 3.05) is 25.1 Å². The summed E-state index contributed by atoms with van der Waals surface area (Å²) in [5.74, 6) is -0.192. The molecule has 2 atom stereocenters. The second-order valence-electron chi connectivity index (χ2n) is 11.8. The fourth-order valence-electron chi connectivity index (χ4n) is 6.19. The van der Waals surface area contributed by atoms with E-state index < -0.39 is 24.0 Å². The van der Waals surface area contributed by atoms with Gasteiger partial charge in [-0.25, -0.2) is 4.79 Å². The summed E-state index contributed by atoms with van der Waals surface area (Å²) in [7, 11) is 0. The summed E-state index contributed by atoms with van der Waals surface area (Å²) >= 11 is 1.55. The normalized spacial score (nSPS) is 17.4. The summed E-state index contributed by atoms with van der Waals surface area (Å²) in [6.07, 6.45) is 11.8. The second kappa shape index (κ2) is 16.1. The molecule has 1 heterocycles. The highest BCUT2D eigenvalue weighted by atomic mass is 32.2. The van der Waals surface area contributed by atoms with Crippen LogP contribution in [0.5, 0.6) is 0 Å². The number of hydrogen-bond acceptors (Lipinski definition) is 5. The lowest BCUT2D eigenvalue weighted by atomic mass is 9.85. The van der Waals surface area contributed by atoms with Crippen molar-refractivity contribution >= 4 is 29.5 Å². The first-order chi connectivity index (χ1) is 20.4. The van der Waals surface area contributed by atoms with Gasteiger partial charge in [0, 0.05) is 18.7 Å². The van der Waals surface area contributed by atoms with Crippen LogP contribution in [0.3, 0.4) is 0 Å². The molecule has 0 spiro atoms. The summed E-state index contributed by atoms with van der Waals surface area (Å²) in [6.45, 7) is 3.87. The number of aliphatic carboxylic acids is 1. The lowest BCUT2D eigenvalue weighted by Gasteiger charge is -2.32. The van der Waals surface area contributed by atoms with Crippen molar-refractivity contribution in [3.63, 3.8) is 0 Å². The Kier molecular flexibility index (Phi) is 12.3. The van der Waals surface area contributed by atoms with E-state index in [1.807, 2.05) is 54.5 Å². The van der Waals surface area contributed by atoms with Gasteiger partial charge in [0.2, 0.25) is 0 Å². The lowest BCUT2D eigenvalue weighted by Crippen LogP contribution is -2.44. The van der Waals surface area contributed by atoms with Crippen LogP contribution in [0.15, 0.2) is 42.5 Å². The third-order valence-electron chi connectivity index (χ3n) is 8.64. The molecule has 4 rings (SSSR count). The van der Waals surface area contributed by atoms with E-state index in [0.717, 1.165) is 67.4 Å². The van der Waals surface area contributed by atoms with Crippen molar-refractivity contribution in [1.29, 1.82) is 0 Å². The minimum absolute atomic E-state index is 0.111. The van der Waals surface area contributed by atoms with E-state index in [9.17, 15) is 19.5 Å². The smallest absolute Gasteiger partial charge is 0.326 e. The zero-order valence-electron chi connectivity index (χ0n) is 25.1. The number of thioether (sulfide) groups is 1. The number of carboxylic acid groups (broad SMARTS) is 1. The highest BCUT2D eigenvalue weighted by Gasteiger charge is 2.30. The zero-order chi connectivity index (χ0) is 29.9. The summed E-state index contributed by atoms with van der Waals surface area (Å²) in [5.41, 5.74) is 3.95. The molecule has 0 aromatic heterocycles. The molecule has 0 radical (unpaired) electrons. The summed E-state index contributed by atoms with van der Waals surface area (Å²) in [5, 5.41) is 12.4. The molecule has 2 N–H and O–H groups in total. The minimum atomic E-state index is -1.04. The van der Waals surface area contributed by atoms with Gasteiger partial charge in [0.1, 0.15) is 12.1 Å². The number of carbonyl (C=O) groups excluding carboxylic acids is 2. The molecule has 1 aliphatic heterocycles. The Morgan fingerprint density at radius 1 is 1.00 bits per heavy atom. The van der Waals surface area contributed by atoms with Gasteiger partial charge >= 0.3 is 5.97 Å². The van der Waals surface area contributed by atoms with Gasteiger partial charge in [0.25, 0.3) is 11.8 Å². The van der Waals surface area contributed by atoms with E-state index in [1.165, 1.54) is 25.7 Å². The Hall–Kier alpha value is -2.84. The predicted molar refractivity (Wildman–Crippen MR) is 169 cm³/mol. The first-order valence-corrected chi connectivity index (χ1v) is 16.9. The van der Waals surface area contributed by atoms with E-state index >= 15 is 0 Å². The van der Waals surface area contributed by atoms with E-state index in [1.54, 1.807) is 17.8 Å². The fraction of sp³-hybridized carbons (Fsp3) is 0.559. The number of ether oxygens (including phenoxy) is 1. The van der Waals surface area contributed by atoms with Crippen LogP contribution in [0.1, 0.15) is 85.7 Å². The quantitative estimate of drug-likeness (QED) is 0.276. The number of piperidine rings is 1. The van der Waals surface area contributed by atoms with Crippen molar-refractivity contribution in [3.8, 4) is 11.1 Å². The topological polar surface area (TPSA) is 95.9 Å². The van der Waals surface area contributed by atoms with Crippen molar-refractivity contribution in [1.82, 2.24) is 10.2 Å². The monoisotopic (exact) mass is 594 g/mol. The molecule has 1 saturated carbocycles. The molecular weight excluding hydrogens is 548 g/mol. The SMILES string of the molecule is CSCC[C@H](NC(=O)c1ccc(CO[C@@H](CC2CCCCC2)C(=O)N2CCCCC2)cc1-c1ccccc1C)C(=O)O. The molecule has 2 aliphatic rings. The van der Waals surface area contributed by atoms with Gasteiger partial charge in [-0.3, -0.25) is 9.59 Å². The van der Waals surface area contributed by atoms with Gasteiger partial charge in [-0.05, 0) is 91.3 Å². The van der Waals surface area contributed by atoms with Crippen molar-refractivity contribution in [2.24, 2.45) is 5.92 Å². The van der Waals surface area contributed by atoms with Crippen LogP contribution in [0, 0.1) is 12.8 Å². The highest BCUT2D eigenvalue weighted by molar-refractivity contribution is 7.98. The number of nitrogens with zero attached hydrogens (tertiary/aromatic N) is 1. The van der Waals surface area contributed by atoms with Crippen LogP contribution < -0.4 is 5.32 Å². The highest BCUT2D eigenvalue weighted by Crippen LogP contribution is 2.31. The summed E-state index contributed by atoms with van der Waals surface area (Å²) in [4.78, 5) is 40.8. The van der Waals surface area contributed by atoms with E-state index in [-0.39, 0.29) is 12.5 Å². The van der Waals surface area contributed by atoms with Crippen molar-refractivity contribution in [2.45, 2.75) is 89.9 Å². The molecule has 8 heteroatoms. The number of carbonyl (C=O) groups is 3. The zero-order valence-corrected chi connectivity index (χ0v) is 25.9. The number of nitrogens with one attached hydrogen (secondary N) is 1. The van der Waals surface area contributed by atoms with Gasteiger partial charge in [0.15, 0.2) is 0 Å². The Balaban J connectivity index is 1.57. The maximum absolute atomic E-state index is 13.6. The molecule has 1 aliphatic carbocycles. The molecule has 228 valence electrons. The number of hydrogen-bond donors (Lipinski definition) is 2. The van der Waals surface area contributed by atoms with Crippen LogP contribution >= 0.6 is 11.8 Å². The maximum Gasteiger partial charge on any atom is 0.326 e. The van der Waals surface area contributed by atoms with Crippen molar-refractivity contribution in [3.05, 3.63) is 59.2 Å². The van der Waals surface area contributed by atoms with Crippen LogP contribution in [0.25, 0.3) is 11.1 Å². The van der Waals surface area contributed by atoms with E-state index in [4.69, 9.17) is 4.74 Å². The first-order valence-electron chi connectivity index (χ1n) is 15.5. The van der Waals surface area contributed by atoms with Crippen molar-refractivity contribution < 1.29 is 24.2 Å². The van der Waals surface area contributed by atoms with Gasteiger partial charge in [-0.2, -0.15) is 11.8 Å². The van der Waals surface area contributed by atoms with E-state index in [2.05, 4.69) is 5.32 Å². The molecular formula is C34H46N2O5S. The molecule has 2 aromatic carbocycles. The standard InChI is InChI=1S/C34H46N2O5S/c1-24-11-7-8-14-27(24)29-21-26(15-16-28(29)32(37)35-30(34(39)40)17-20-42-2)23-41-31(22-25-12-5-3-6-13-25)33(38)36-18-9-4-10-19-36/h7-8,11,14-16,21,25,30-31H,3-6,9-10,12-13,17-20,22-23H2,1-2H3,(H,35,37)(H,39,40)/t30-,31-/m0/s1. The number of rotatable bonds is 13. The maximum atomic E-state index is 13.6. The van der Waals surface area contributed by atoms with Crippen LogP contribution in [-0.2, 0) is 20.9 Å². The first kappa shape index (κ1) is 32.1. The summed E-state index contributed by atoms with van der Waals surface area (Å²) < 4.78 is 6.44. The average Bonchev–Trinajstić information content (AvgIpc) is 3.01. The Bertz CT molecular complexity index is 1210. The van der Waals surface area contributed by atoms with Crippen LogP contribution in [0.2, 0.25) is 0 Å². The molecule has 42 heavy (non-hydrogen) atoms. The largest absolute Gasteiger partial charge is 0.480 e. The van der Waals surface area contributed by atoms with Gasteiger partial charge in [-0.1, -0.05) is 62.4 Å². The molecule has 0 unspecified atom stereocenters. The molecule has 2 fully saturated rings. The predicted octanol–water partition coefficient (Wildman–Crippen LogP) is 6.47. The molecule has 2 aromatic rings. The number of carboxylic acids is 1. The van der Waals surface area contributed by atoms with Crippen LogP contribution in [-0.4, -0.2) is 65.0 Å². The molecule has 2 amide bonds. The minimum Gasteiger partial charge on any atom is -0.480 e. The average molecular weight is 595 g/mol. The number of amides is 2. The third-order valence-corrected chi connectivity index (χ3v) is 9.29. The molecule has 7 nitrogen and oxygen atoms in total. The molecule has 0 bridgehead atoms. The van der Waals surface area contributed by atoms with Gasteiger partial charge in [-0.15, -0.1) is 0 Å².